The summed E-state index contributed by atoms with van der Waals surface area (Å²) < 4.78 is 6.10. The number of nitrogens with zero attached hydrogens (tertiary/aromatic N) is 1. The van der Waals surface area contributed by atoms with Crippen LogP contribution in [0.3, 0.4) is 0 Å². The number of phenols is 1. The normalized spacial score (nSPS) is 10.7. The lowest BCUT2D eigenvalue weighted by Crippen LogP contribution is -2.13. The summed E-state index contributed by atoms with van der Waals surface area (Å²) in [4.78, 5) is 12.8. The predicted molar refractivity (Wildman–Crippen MR) is 103 cm³/mol. The SMILES string of the molecule is Cc1onc(-c2ccccc2Cl)c1C(=O)Nc1cc(Br)c(O)c(Br)c1. The maximum atomic E-state index is 12.8. The molecule has 8 heteroatoms. The topological polar surface area (TPSA) is 75.4 Å². The van der Waals surface area contributed by atoms with E-state index in [1.54, 1.807) is 43.3 Å². The number of phenolic OH excluding ortho intramolecular Hbond substituents is 1. The first-order valence-electron chi connectivity index (χ1n) is 7.09. The molecule has 0 aliphatic carbocycles. The fourth-order valence-electron chi connectivity index (χ4n) is 2.31. The van der Waals surface area contributed by atoms with Crippen LogP contribution in [-0.2, 0) is 0 Å². The van der Waals surface area contributed by atoms with Gasteiger partial charge >= 0.3 is 0 Å². The van der Waals surface area contributed by atoms with Gasteiger partial charge in [-0.15, -0.1) is 0 Å². The second kappa shape index (κ2) is 7.19. The number of anilines is 1. The molecule has 25 heavy (non-hydrogen) atoms. The van der Waals surface area contributed by atoms with Crippen LogP contribution in [0.4, 0.5) is 5.69 Å². The zero-order valence-corrected chi connectivity index (χ0v) is 16.7. The Morgan fingerprint density at radius 2 is 1.88 bits per heavy atom. The molecule has 0 atom stereocenters. The van der Waals surface area contributed by atoms with Gasteiger partial charge in [-0.1, -0.05) is 35.0 Å². The summed E-state index contributed by atoms with van der Waals surface area (Å²) in [5, 5.41) is 17.0. The summed E-state index contributed by atoms with van der Waals surface area (Å²) in [5.74, 6) is 0.0402. The first-order chi connectivity index (χ1) is 11.9. The van der Waals surface area contributed by atoms with Gasteiger partial charge < -0.3 is 14.9 Å². The third-order valence-corrected chi connectivity index (χ3v) is 5.03. The molecule has 5 nitrogen and oxygen atoms in total. The van der Waals surface area contributed by atoms with Gasteiger partial charge in [0.1, 0.15) is 22.8 Å². The van der Waals surface area contributed by atoms with Crippen LogP contribution in [-0.4, -0.2) is 16.2 Å². The van der Waals surface area contributed by atoms with E-state index >= 15 is 0 Å². The molecule has 0 saturated carbocycles. The van der Waals surface area contributed by atoms with Crippen molar-refractivity contribution in [3.05, 3.63) is 61.7 Å². The van der Waals surface area contributed by atoms with Gasteiger partial charge in [-0.3, -0.25) is 4.79 Å². The molecule has 0 radical (unpaired) electrons. The van der Waals surface area contributed by atoms with Gasteiger partial charge in [0.2, 0.25) is 0 Å². The molecule has 2 N–H and O–H groups in total. The van der Waals surface area contributed by atoms with Gasteiger partial charge in [0.15, 0.2) is 0 Å². The molecule has 128 valence electrons. The number of halogens is 3. The molecule has 1 amide bonds. The van der Waals surface area contributed by atoms with Crippen molar-refractivity contribution in [2.24, 2.45) is 0 Å². The number of benzene rings is 2. The number of aromatic hydroxyl groups is 1. The second-order valence-electron chi connectivity index (χ2n) is 5.18. The minimum Gasteiger partial charge on any atom is -0.506 e. The molecule has 3 aromatic rings. The Kier molecular flexibility index (Phi) is 5.17. The highest BCUT2D eigenvalue weighted by Crippen LogP contribution is 2.36. The van der Waals surface area contributed by atoms with E-state index in [0.29, 0.717) is 42.2 Å². The van der Waals surface area contributed by atoms with Gasteiger partial charge in [-0.25, -0.2) is 0 Å². The minimum absolute atomic E-state index is 0.0518. The minimum atomic E-state index is -0.391. The van der Waals surface area contributed by atoms with Crippen LogP contribution in [0.1, 0.15) is 16.1 Å². The molecule has 1 heterocycles. The number of hydrogen-bond acceptors (Lipinski definition) is 4. The van der Waals surface area contributed by atoms with E-state index in [9.17, 15) is 9.90 Å². The van der Waals surface area contributed by atoms with Gasteiger partial charge in [0.25, 0.3) is 5.91 Å². The van der Waals surface area contributed by atoms with Crippen LogP contribution in [0.15, 0.2) is 49.9 Å². The van der Waals surface area contributed by atoms with Crippen LogP contribution in [0.25, 0.3) is 11.3 Å². The molecular weight excluding hydrogens is 475 g/mol. The molecule has 0 spiro atoms. The number of carbonyl (C=O) groups excluding carboxylic acids is 1. The zero-order chi connectivity index (χ0) is 18.1. The van der Waals surface area contributed by atoms with E-state index in [1.165, 1.54) is 0 Å². The summed E-state index contributed by atoms with van der Waals surface area (Å²) in [6.45, 7) is 1.66. The van der Waals surface area contributed by atoms with Crippen molar-refractivity contribution >= 4 is 55.1 Å². The highest BCUT2D eigenvalue weighted by Gasteiger charge is 2.23. The summed E-state index contributed by atoms with van der Waals surface area (Å²) in [7, 11) is 0. The molecule has 0 aliphatic heterocycles. The van der Waals surface area contributed by atoms with Crippen LogP contribution >= 0.6 is 43.5 Å². The summed E-state index contributed by atoms with van der Waals surface area (Å²) >= 11 is 12.7. The second-order valence-corrected chi connectivity index (χ2v) is 7.30. The van der Waals surface area contributed by atoms with Crippen molar-refractivity contribution < 1.29 is 14.4 Å². The fraction of sp³-hybridized carbons (Fsp3) is 0.0588. The van der Waals surface area contributed by atoms with Gasteiger partial charge in [0, 0.05) is 11.3 Å². The Bertz CT molecular complexity index is 949. The molecule has 1 aromatic heterocycles. The maximum absolute atomic E-state index is 12.8. The number of rotatable bonds is 3. The van der Waals surface area contributed by atoms with E-state index in [-0.39, 0.29) is 5.75 Å². The van der Waals surface area contributed by atoms with Gasteiger partial charge in [-0.2, -0.15) is 0 Å². The lowest BCUT2D eigenvalue weighted by Gasteiger charge is -2.09. The van der Waals surface area contributed by atoms with Gasteiger partial charge in [-0.05, 0) is 57.0 Å². The summed E-state index contributed by atoms with van der Waals surface area (Å²) in [6, 6.07) is 10.3. The van der Waals surface area contributed by atoms with Crippen LogP contribution in [0, 0.1) is 6.92 Å². The van der Waals surface area contributed by atoms with E-state index in [4.69, 9.17) is 16.1 Å². The molecule has 0 unspecified atom stereocenters. The number of amides is 1. The number of carbonyl (C=O) groups is 1. The molecule has 0 fully saturated rings. The number of aryl methyl sites for hydroxylation is 1. The van der Waals surface area contributed by atoms with Crippen LogP contribution in [0.5, 0.6) is 5.75 Å². The smallest absolute Gasteiger partial charge is 0.261 e. The van der Waals surface area contributed by atoms with E-state index < -0.39 is 5.91 Å². The van der Waals surface area contributed by atoms with Crippen LogP contribution < -0.4 is 5.32 Å². The van der Waals surface area contributed by atoms with E-state index in [2.05, 4.69) is 42.3 Å². The fourth-order valence-corrected chi connectivity index (χ4v) is 3.72. The number of nitrogens with one attached hydrogen (secondary N) is 1. The first kappa shape index (κ1) is 18.0. The average Bonchev–Trinajstić information content (AvgIpc) is 2.94. The van der Waals surface area contributed by atoms with Crippen molar-refractivity contribution in [3.63, 3.8) is 0 Å². The molecule has 0 saturated heterocycles. The lowest BCUT2D eigenvalue weighted by atomic mass is 10.1. The highest BCUT2D eigenvalue weighted by atomic mass is 79.9. The van der Waals surface area contributed by atoms with Crippen molar-refractivity contribution in [1.29, 1.82) is 0 Å². The van der Waals surface area contributed by atoms with E-state index in [0.717, 1.165) is 0 Å². The zero-order valence-electron chi connectivity index (χ0n) is 12.8. The Balaban J connectivity index is 1.99. The molecular formula is C17H11Br2ClN2O3. The standard InChI is InChI=1S/C17H11Br2ClN2O3/c1-8-14(15(22-25-8)10-4-2-3-5-13(10)20)17(24)21-9-6-11(18)16(23)12(19)7-9/h2-7,23H,1H3,(H,21,24). The predicted octanol–water partition coefficient (Wildman–Crippen LogP) is 5.79. The molecule has 0 aliphatic rings. The molecule has 0 bridgehead atoms. The molecule has 3 rings (SSSR count). The van der Waals surface area contributed by atoms with Crippen molar-refractivity contribution in [3.8, 4) is 17.0 Å². The Labute approximate surface area is 165 Å². The summed E-state index contributed by atoms with van der Waals surface area (Å²) in [5.41, 5.74) is 1.78. The summed E-state index contributed by atoms with van der Waals surface area (Å²) in [6.07, 6.45) is 0. The Morgan fingerprint density at radius 1 is 1.24 bits per heavy atom. The van der Waals surface area contributed by atoms with Gasteiger partial charge in [0.05, 0.1) is 14.0 Å². The van der Waals surface area contributed by atoms with E-state index in [1.807, 2.05) is 0 Å². The maximum Gasteiger partial charge on any atom is 0.261 e. The third-order valence-electron chi connectivity index (χ3n) is 3.49. The largest absolute Gasteiger partial charge is 0.506 e. The molecule has 2 aromatic carbocycles. The van der Waals surface area contributed by atoms with Crippen LogP contribution in [0.2, 0.25) is 5.02 Å². The monoisotopic (exact) mass is 484 g/mol. The third kappa shape index (κ3) is 3.58. The highest BCUT2D eigenvalue weighted by molar-refractivity contribution is 9.11. The average molecular weight is 487 g/mol. The first-order valence-corrected chi connectivity index (χ1v) is 9.05. The number of aromatic nitrogens is 1. The Morgan fingerprint density at radius 3 is 2.52 bits per heavy atom. The lowest BCUT2D eigenvalue weighted by molar-refractivity contribution is 0.102. The van der Waals surface area contributed by atoms with Crippen molar-refractivity contribution in [2.45, 2.75) is 6.92 Å². The van der Waals surface area contributed by atoms with Crippen molar-refractivity contribution in [1.82, 2.24) is 5.16 Å². The quantitative estimate of drug-likeness (QED) is 0.460. The van der Waals surface area contributed by atoms with Crippen molar-refractivity contribution in [2.75, 3.05) is 5.32 Å². The number of hydrogen-bond donors (Lipinski definition) is 2. The Hall–Kier alpha value is -1.83.